The zero-order valence-corrected chi connectivity index (χ0v) is 16.0. The molecular formula is C21H10F7N3O2. The van der Waals surface area contributed by atoms with Gasteiger partial charge in [-0.05, 0) is 41.5 Å². The highest BCUT2D eigenvalue weighted by molar-refractivity contribution is 6.08. The predicted molar refractivity (Wildman–Crippen MR) is 102 cm³/mol. The molecule has 0 aliphatic rings. The molecule has 0 unspecified atom stereocenters. The highest BCUT2D eigenvalue weighted by atomic mass is 19.4. The zero-order chi connectivity index (χ0) is 23.9. The summed E-state index contributed by atoms with van der Waals surface area (Å²) >= 11 is 0. The third-order valence-electron chi connectivity index (χ3n) is 4.54. The maximum Gasteiger partial charge on any atom is 0.573 e. The van der Waals surface area contributed by atoms with E-state index in [0.29, 0.717) is 22.0 Å². The molecule has 33 heavy (non-hydrogen) atoms. The average molecular weight is 469 g/mol. The van der Waals surface area contributed by atoms with Crippen LogP contribution in [0.2, 0.25) is 0 Å². The lowest BCUT2D eigenvalue weighted by molar-refractivity contribution is -0.274. The number of H-pyrrole nitrogens is 1. The minimum atomic E-state index is -4.85. The van der Waals surface area contributed by atoms with Crippen LogP contribution in [0.5, 0.6) is 5.75 Å². The fourth-order valence-electron chi connectivity index (χ4n) is 3.08. The number of carbonyl (C=O) groups excluding carboxylic acids is 1. The predicted octanol–water partition coefficient (Wildman–Crippen LogP) is 5.94. The molecule has 0 radical (unpaired) electrons. The van der Waals surface area contributed by atoms with E-state index in [9.17, 15) is 35.5 Å². The van der Waals surface area contributed by atoms with Crippen LogP contribution in [0.15, 0.2) is 48.5 Å². The number of aromatic amines is 1. The van der Waals surface area contributed by atoms with Gasteiger partial charge in [-0.25, -0.2) is 17.6 Å². The topological polar surface area (TPSA) is 67.0 Å². The summed E-state index contributed by atoms with van der Waals surface area (Å²) in [4.78, 5) is 12.3. The number of anilines is 1. The standard InChI is InChI=1S/C21H10F7N3O2/c22-14-8-13(16(23)18(25)17(14)24)20(32)29-19-12-5-4-10(7-15(12)30-31-19)9-2-1-3-11(6-9)33-21(26,27)28/h1-8H,(H2,29,30,31,32). The molecular weight excluding hydrogens is 459 g/mol. The second-order valence-corrected chi connectivity index (χ2v) is 6.71. The van der Waals surface area contributed by atoms with Crippen molar-refractivity contribution < 1.29 is 40.3 Å². The first kappa shape index (κ1) is 22.1. The first-order valence-electron chi connectivity index (χ1n) is 9.02. The fourth-order valence-corrected chi connectivity index (χ4v) is 3.08. The first-order chi connectivity index (χ1) is 15.5. The molecule has 0 aliphatic carbocycles. The van der Waals surface area contributed by atoms with Crippen molar-refractivity contribution in [3.8, 4) is 16.9 Å². The molecule has 1 aromatic heterocycles. The number of carbonyl (C=O) groups is 1. The van der Waals surface area contributed by atoms with Crippen molar-refractivity contribution in [2.24, 2.45) is 0 Å². The van der Waals surface area contributed by atoms with Crippen LogP contribution in [0.3, 0.4) is 0 Å². The number of fused-ring (bicyclic) bond motifs is 1. The molecule has 0 fully saturated rings. The Balaban J connectivity index is 1.62. The van der Waals surface area contributed by atoms with Gasteiger partial charge in [-0.15, -0.1) is 13.2 Å². The molecule has 0 spiro atoms. The van der Waals surface area contributed by atoms with E-state index >= 15 is 0 Å². The quantitative estimate of drug-likeness (QED) is 0.221. The summed E-state index contributed by atoms with van der Waals surface area (Å²) in [7, 11) is 0. The molecule has 3 aromatic carbocycles. The molecule has 0 atom stereocenters. The lowest BCUT2D eigenvalue weighted by Crippen LogP contribution is -2.17. The minimum absolute atomic E-state index is 0.125. The van der Waals surface area contributed by atoms with Crippen LogP contribution in [0.1, 0.15) is 10.4 Å². The summed E-state index contributed by atoms with van der Waals surface area (Å²) in [6.07, 6.45) is -4.85. The van der Waals surface area contributed by atoms with Gasteiger partial charge in [0.05, 0.1) is 11.1 Å². The Morgan fingerprint density at radius 2 is 1.64 bits per heavy atom. The maximum absolute atomic E-state index is 13.9. The third kappa shape index (κ3) is 4.45. The van der Waals surface area contributed by atoms with Gasteiger partial charge in [0.25, 0.3) is 5.91 Å². The summed E-state index contributed by atoms with van der Waals surface area (Å²) in [5.41, 5.74) is 0.131. The molecule has 0 saturated carbocycles. The van der Waals surface area contributed by atoms with E-state index in [4.69, 9.17) is 0 Å². The van der Waals surface area contributed by atoms with E-state index in [1.54, 1.807) is 6.07 Å². The minimum Gasteiger partial charge on any atom is -0.406 e. The number of benzene rings is 3. The summed E-state index contributed by atoms with van der Waals surface area (Å²) in [5, 5.41) is 8.89. The van der Waals surface area contributed by atoms with Gasteiger partial charge < -0.3 is 10.1 Å². The van der Waals surface area contributed by atoms with Crippen molar-refractivity contribution in [3.63, 3.8) is 0 Å². The van der Waals surface area contributed by atoms with E-state index in [-0.39, 0.29) is 11.9 Å². The maximum atomic E-state index is 13.9. The Morgan fingerprint density at radius 3 is 2.36 bits per heavy atom. The molecule has 4 aromatic rings. The van der Waals surface area contributed by atoms with Crippen molar-refractivity contribution in [2.45, 2.75) is 6.36 Å². The normalized spacial score (nSPS) is 11.6. The molecule has 5 nitrogen and oxygen atoms in total. The van der Waals surface area contributed by atoms with Gasteiger partial charge in [0.2, 0.25) is 0 Å². The van der Waals surface area contributed by atoms with Crippen LogP contribution >= 0.6 is 0 Å². The highest BCUT2D eigenvalue weighted by Crippen LogP contribution is 2.31. The van der Waals surface area contributed by atoms with Crippen molar-refractivity contribution in [1.82, 2.24) is 10.2 Å². The molecule has 1 amide bonds. The number of nitrogens with one attached hydrogen (secondary N) is 2. The third-order valence-corrected chi connectivity index (χ3v) is 4.54. The first-order valence-corrected chi connectivity index (χ1v) is 9.02. The Hall–Kier alpha value is -4.09. The Bertz CT molecular complexity index is 1380. The highest BCUT2D eigenvalue weighted by Gasteiger charge is 2.31. The van der Waals surface area contributed by atoms with Crippen LogP contribution < -0.4 is 10.1 Å². The second-order valence-electron chi connectivity index (χ2n) is 6.71. The molecule has 0 aliphatic heterocycles. The van der Waals surface area contributed by atoms with E-state index in [0.717, 1.165) is 6.07 Å². The van der Waals surface area contributed by atoms with Gasteiger partial charge in [-0.1, -0.05) is 18.2 Å². The number of rotatable bonds is 4. The molecule has 0 saturated heterocycles. The Morgan fingerprint density at radius 1 is 0.909 bits per heavy atom. The molecule has 170 valence electrons. The van der Waals surface area contributed by atoms with E-state index in [2.05, 4.69) is 20.3 Å². The van der Waals surface area contributed by atoms with Crippen LogP contribution in [0.4, 0.5) is 36.6 Å². The molecule has 0 bridgehead atoms. The van der Waals surface area contributed by atoms with Gasteiger partial charge in [0.1, 0.15) is 5.75 Å². The van der Waals surface area contributed by atoms with Crippen molar-refractivity contribution in [1.29, 1.82) is 0 Å². The number of halogens is 7. The van der Waals surface area contributed by atoms with Gasteiger partial charge in [0, 0.05) is 5.39 Å². The molecule has 4 rings (SSSR count). The Labute approximate surface area is 179 Å². The van der Waals surface area contributed by atoms with E-state index < -0.39 is 46.9 Å². The number of nitrogens with zero attached hydrogens (tertiary/aromatic N) is 1. The van der Waals surface area contributed by atoms with Crippen LogP contribution in [0.25, 0.3) is 22.0 Å². The van der Waals surface area contributed by atoms with Gasteiger partial charge in [0.15, 0.2) is 29.1 Å². The van der Waals surface area contributed by atoms with Crippen LogP contribution in [-0.4, -0.2) is 22.5 Å². The monoisotopic (exact) mass is 469 g/mol. The Kier molecular flexibility index (Phi) is 5.44. The van der Waals surface area contributed by atoms with Crippen LogP contribution in [-0.2, 0) is 0 Å². The van der Waals surface area contributed by atoms with E-state index in [1.165, 1.54) is 30.3 Å². The number of hydrogen-bond donors (Lipinski definition) is 2. The molecule has 1 heterocycles. The second kappa shape index (κ2) is 8.11. The van der Waals surface area contributed by atoms with Crippen LogP contribution in [0, 0.1) is 23.3 Å². The average Bonchev–Trinajstić information content (AvgIpc) is 3.15. The summed E-state index contributed by atoms with van der Waals surface area (Å²) < 4.78 is 95.0. The lowest BCUT2D eigenvalue weighted by Gasteiger charge is -2.10. The molecule has 2 N–H and O–H groups in total. The lowest BCUT2D eigenvalue weighted by atomic mass is 10.0. The summed E-state index contributed by atoms with van der Waals surface area (Å²) in [5.74, 6) is -9.61. The van der Waals surface area contributed by atoms with Gasteiger partial charge in [-0.2, -0.15) is 5.10 Å². The van der Waals surface area contributed by atoms with Gasteiger partial charge in [-0.3, -0.25) is 9.89 Å². The summed E-state index contributed by atoms with van der Waals surface area (Å²) in [6.45, 7) is 0. The largest absolute Gasteiger partial charge is 0.573 e. The fraction of sp³-hybridized carbons (Fsp3) is 0.0476. The van der Waals surface area contributed by atoms with Gasteiger partial charge >= 0.3 is 6.36 Å². The molecule has 12 heteroatoms. The van der Waals surface area contributed by atoms with E-state index in [1.807, 2.05) is 0 Å². The smallest absolute Gasteiger partial charge is 0.406 e. The van der Waals surface area contributed by atoms with Crippen molar-refractivity contribution >= 4 is 22.6 Å². The number of hydrogen-bond acceptors (Lipinski definition) is 3. The number of aromatic nitrogens is 2. The number of amides is 1. The summed E-state index contributed by atoms with van der Waals surface area (Å²) in [6, 6.07) is 9.93. The number of ether oxygens (including phenoxy) is 1. The van der Waals surface area contributed by atoms with Crippen molar-refractivity contribution in [3.05, 3.63) is 77.4 Å². The SMILES string of the molecule is O=C(Nc1n[nH]c2cc(-c3cccc(OC(F)(F)F)c3)ccc12)c1cc(F)c(F)c(F)c1F. The number of alkyl halides is 3. The zero-order valence-electron chi connectivity index (χ0n) is 16.0. The van der Waals surface area contributed by atoms with Crippen molar-refractivity contribution in [2.75, 3.05) is 5.32 Å².